The van der Waals surface area contributed by atoms with Crippen LogP contribution < -0.4 is 10.6 Å². The van der Waals surface area contributed by atoms with Crippen LogP contribution in [-0.4, -0.2) is 45.0 Å². The molecule has 0 aliphatic carbocycles. The topological polar surface area (TPSA) is 75.3 Å². The molecule has 0 bridgehead atoms. The van der Waals surface area contributed by atoms with Gasteiger partial charge in [-0.15, -0.1) is 0 Å². The van der Waals surface area contributed by atoms with Crippen LogP contribution in [-0.2, 0) is 21.1 Å². The Kier molecular flexibility index (Phi) is 5.94. The normalized spacial score (nSPS) is 17.7. The molecule has 0 unspecified atom stereocenters. The summed E-state index contributed by atoms with van der Waals surface area (Å²) in [4.78, 5) is 12.5. The van der Waals surface area contributed by atoms with Gasteiger partial charge in [0.1, 0.15) is 0 Å². The van der Waals surface area contributed by atoms with E-state index in [1.807, 2.05) is 6.07 Å². The van der Waals surface area contributed by atoms with Crippen LogP contribution in [0.1, 0.15) is 18.4 Å². The van der Waals surface area contributed by atoms with Crippen LogP contribution >= 0.6 is 23.2 Å². The first kappa shape index (κ1) is 18.5. The van der Waals surface area contributed by atoms with E-state index in [4.69, 9.17) is 23.2 Å². The molecule has 2 N–H and O–H groups in total. The minimum atomic E-state index is -3.50. The quantitative estimate of drug-likeness (QED) is 0.819. The fraction of sp³-hybridized carbons (Fsp3) is 0.533. The standard InChI is InChI=1S/C15H20Cl2N2O3S/c1-23(21,22)15(6-9-18-10-7-15)14(20)19-8-5-11-3-2-4-12(16)13(11)17/h2-4,18H,5-10H2,1H3,(H,19,20). The predicted octanol–water partition coefficient (Wildman–Crippen LogP) is 1.82. The summed E-state index contributed by atoms with van der Waals surface area (Å²) in [5.74, 6) is -0.431. The maximum atomic E-state index is 12.5. The fourth-order valence-electron chi connectivity index (χ4n) is 2.81. The monoisotopic (exact) mass is 378 g/mol. The van der Waals surface area contributed by atoms with Crippen molar-refractivity contribution in [1.82, 2.24) is 10.6 Å². The van der Waals surface area contributed by atoms with Gasteiger partial charge in [-0.25, -0.2) is 8.42 Å². The van der Waals surface area contributed by atoms with E-state index in [-0.39, 0.29) is 12.8 Å². The molecule has 0 saturated carbocycles. The van der Waals surface area contributed by atoms with Crippen molar-refractivity contribution in [2.75, 3.05) is 25.9 Å². The Morgan fingerprint density at radius 2 is 1.96 bits per heavy atom. The van der Waals surface area contributed by atoms with Gasteiger partial charge in [-0.2, -0.15) is 0 Å². The van der Waals surface area contributed by atoms with Gasteiger partial charge in [0.25, 0.3) is 0 Å². The molecule has 1 aromatic carbocycles. The lowest BCUT2D eigenvalue weighted by atomic mass is 9.95. The van der Waals surface area contributed by atoms with E-state index in [2.05, 4.69) is 10.6 Å². The van der Waals surface area contributed by atoms with Gasteiger partial charge in [-0.3, -0.25) is 4.79 Å². The van der Waals surface area contributed by atoms with Gasteiger partial charge < -0.3 is 10.6 Å². The zero-order valence-corrected chi connectivity index (χ0v) is 15.2. The smallest absolute Gasteiger partial charge is 0.241 e. The molecule has 1 heterocycles. The second kappa shape index (κ2) is 7.38. The largest absolute Gasteiger partial charge is 0.354 e. The average molecular weight is 379 g/mol. The molecule has 0 atom stereocenters. The third-order valence-corrected chi connectivity index (χ3v) is 7.12. The molecule has 1 aromatic rings. The number of sulfone groups is 1. The van der Waals surface area contributed by atoms with Gasteiger partial charge in [0.15, 0.2) is 14.6 Å². The van der Waals surface area contributed by atoms with Gasteiger partial charge in [-0.1, -0.05) is 35.3 Å². The third-order valence-electron chi connectivity index (χ3n) is 4.25. The maximum Gasteiger partial charge on any atom is 0.241 e. The second-order valence-corrected chi connectivity index (χ2v) is 8.85. The van der Waals surface area contributed by atoms with E-state index < -0.39 is 20.5 Å². The number of piperidine rings is 1. The summed E-state index contributed by atoms with van der Waals surface area (Å²) in [5.41, 5.74) is 0.818. The number of hydrogen-bond acceptors (Lipinski definition) is 4. The molecule has 0 aromatic heterocycles. The van der Waals surface area contributed by atoms with Crippen LogP contribution in [0.2, 0.25) is 10.0 Å². The molecule has 0 spiro atoms. The summed E-state index contributed by atoms with van der Waals surface area (Å²) in [6, 6.07) is 5.31. The molecule has 8 heteroatoms. The Morgan fingerprint density at radius 3 is 2.57 bits per heavy atom. The Hall–Kier alpha value is -0.820. The first-order valence-corrected chi connectivity index (χ1v) is 10.0. The molecule has 128 valence electrons. The number of rotatable bonds is 5. The van der Waals surface area contributed by atoms with Crippen LogP contribution in [0.25, 0.3) is 0 Å². The Bertz CT molecular complexity index is 686. The zero-order valence-electron chi connectivity index (χ0n) is 12.9. The summed E-state index contributed by atoms with van der Waals surface area (Å²) in [6.07, 6.45) is 2.19. The summed E-state index contributed by atoms with van der Waals surface area (Å²) < 4.78 is 23.0. The molecule has 0 radical (unpaired) electrons. The molecular weight excluding hydrogens is 359 g/mol. The molecule has 5 nitrogen and oxygen atoms in total. The van der Waals surface area contributed by atoms with Gasteiger partial charge in [-0.05, 0) is 44.0 Å². The number of halogens is 2. The molecular formula is C15H20Cl2N2O3S. The van der Waals surface area contributed by atoms with Crippen molar-refractivity contribution in [2.45, 2.75) is 24.0 Å². The van der Waals surface area contributed by atoms with E-state index >= 15 is 0 Å². The number of nitrogens with one attached hydrogen (secondary N) is 2. The molecule has 1 fully saturated rings. The van der Waals surface area contributed by atoms with Crippen LogP contribution in [0.15, 0.2) is 18.2 Å². The summed E-state index contributed by atoms with van der Waals surface area (Å²) in [5, 5.41) is 6.75. The van der Waals surface area contributed by atoms with Crippen molar-refractivity contribution >= 4 is 38.9 Å². The first-order chi connectivity index (χ1) is 10.8. The number of carbonyl (C=O) groups excluding carboxylic acids is 1. The molecule has 2 rings (SSSR count). The van der Waals surface area contributed by atoms with E-state index in [0.29, 0.717) is 36.1 Å². The second-order valence-electron chi connectivity index (χ2n) is 5.74. The highest BCUT2D eigenvalue weighted by molar-refractivity contribution is 7.92. The number of carbonyl (C=O) groups is 1. The number of hydrogen-bond donors (Lipinski definition) is 2. The van der Waals surface area contributed by atoms with E-state index in [1.165, 1.54) is 0 Å². The molecule has 1 amide bonds. The lowest BCUT2D eigenvalue weighted by Crippen LogP contribution is -2.57. The minimum absolute atomic E-state index is 0.287. The van der Waals surface area contributed by atoms with Crippen LogP contribution in [0.3, 0.4) is 0 Å². The summed E-state index contributed by atoms with van der Waals surface area (Å²) in [7, 11) is -3.50. The van der Waals surface area contributed by atoms with Gasteiger partial charge in [0.05, 0.1) is 10.0 Å². The molecule has 1 aliphatic heterocycles. The van der Waals surface area contributed by atoms with Crippen molar-refractivity contribution in [2.24, 2.45) is 0 Å². The van der Waals surface area contributed by atoms with Gasteiger partial charge in [0, 0.05) is 12.8 Å². The SMILES string of the molecule is CS(=O)(=O)C1(C(=O)NCCc2cccc(Cl)c2Cl)CCNCC1. The van der Waals surface area contributed by atoms with Crippen LogP contribution in [0.5, 0.6) is 0 Å². The first-order valence-electron chi connectivity index (χ1n) is 7.39. The highest BCUT2D eigenvalue weighted by Gasteiger charge is 2.48. The summed E-state index contributed by atoms with van der Waals surface area (Å²) >= 11 is 12.1. The number of benzene rings is 1. The van der Waals surface area contributed by atoms with Crippen LogP contribution in [0.4, 0.5) is 0 Å². The molecule has 1 aliphatic rings. The maximum absolute atomic E-state index is 12.5. The number of amides is 1. The van der Waals surface area contributed by atoms with E-state index in [9.17, 15) is 13.2 Å². The van der Waals surface area contributed by atoms with Crippen molar-refractivity contribution in [1.29, 1.82) is 0 Å². The Labute approximate surface area is 146 Å². The average Bonchev–Trinajstić information content (AvgIpc) is 2.51. The van der Waals surface area contributed by atoms with Gasteiger partial charge >= 0.3 is 0 Å². The third kappa shape index (κ3) is 3.99. The highest BCUT2D eigenvalue weighted by atomic mass is 35.5. The van der Waals surface area contributed by atoms with Crippen molar-refractivity contribution in [3.8, 4) is 0 Å². The van der Waals surface area contributed by atoms with Crippen molar-refractivity contribution in [3.63, 3.8) is 0 Å². The highest BCUT2D eigenvalue weighted by Crippen LogP contribution is 2.28. The Balaban J connectivity index is 2.04. The minimum Gasteiger partial charge on any atom is -0.354 e. The van der Waals surface area contributed by atoms with E-state index in [1.54, 1.807) is 12.1 Å². The lowest BCUT2D eigenvalue weighted by Gasteiger charge is -2.34. The predicted molar refractivity (Wildman–Crippen MR) is 92.9 cm³/mol. The van der Waals surface area contributed by atoms with Crippen LogP contribution in [0, 0.1) is 0 Å². The molecule has 1 saturated heterocycles. The zero-order chi connectivity index (χ0) is 17.1. The van der Waals surface area contributed by atoms with Crippen molar-refractivity contribution < 1.29 is 13.2 Å². The summed E-state index contributed by atoms with van der Waals surface area (Å²) in [6.45, 7) is 1.34. The Morgan fingerprint density at radius 1 is 1.30 bits per heavy atom. The molecule has 23 heavy (non-hydrogen) atoms. The lowest BCUT2D eigenvalue weighted by molar-refractivity contribution is -0.124. The fourth-order valence-corrected chi connectivity index (χ4v) is 4.58. The van der Waals surface area contributed by atoms with Gasteiger partial charge in [0.2, 0.25) is 5.91 Å². The van der Waals surface area contributed by atoms with E-state index in [0.717, 1.165) is 11.8 Å². The van der Waals surface area contributed by atoms with Crippen molar-refractivity contribution in [3.05, 3.63) is 33.8 Å².